The van der Waals surface area contributed by atoms with Gasteiger partial charge in [0.1, 0.15) is 0 Å². The average Bonchev–Trinajstić information content (AvgIpc) is 2.39. The molecule has 1 amide bonds. The summed E-state index contributed by atoms with van der Waals surface area (Å²) in [5, 5.41) is 3.13. The Kier molecular flexibility index (Phi) is 2.80. The van der Waals surface area contributed by atoms with Gasteiger partial charge in [-0.3, -0.25) is 9.69 Å². The molecule has 0 spiro atoms. The number of fused-ring (bicyclic) bond motifs is 1. The molecule has 0 aromatic heterocycles. The van der Waals surface area contributed by atoms with E-state index in [0.29, 0.717) is 6.54 Å². The number of rotatable bonds is 1. The topological polar surface area (TPSA) is 32.3 Å². The van der Waals surface area contributed by atoms with Gasteiger partial charge in [-0.2, -0.15) is 0 Å². The van der Waals surface area contributed by atoms with Crippen LogP contribution in [-0.4, -0.2) is 12.5 Å². The number of hydrogen-bond donors (Lipinski definition) is 1. The quantitative estimate of drug-likeness (QED) is 0.874. The zero-order valence-electron chi connectivity index (χ0n) is 9.56. The Labute approximate surface area is 114 Å². The Morgan fingerprint density at radius 2 is 1.89 bits per heavy atom. The van der Waals surface area contributed by atoms with Gasteiger partial charge in [-0.05, 0) is 30.3 Å². The Bertz CT molecular complexity index is 598. The van der Waals surface area contributed by atoms with Crippen molar-refractivity contribution in [3.05, 3.63) is 53.0 Å². The van der Waals surface area contributed by atoms with E-state index in [-0.39, 0.29) is 5.91 Å². The zero-order valence-corrected chi connectivity index (χ0v) is 11.1. The Morgan fingerprint density at radius 1 is 1.11 bits per heavy atom. The lowest BCUT2D eigenvalue weighted by molar-refractivity contribution is -0.116. The minimum Gasteiger partial charge on any atom is -0.374 e. The maximum atomic E-state index is 12.1. The second kappa shape index (κ2) is 4.46. The highest BCUT2D eigenvalue weighted by atomic mass is 79.9. The van der Waals surface area contributed by atoms with Crippen LogP contribution in [0.1, 0.15) is 0 Å². The van der Waals surface area contributed by atoms with Crippen LogP contribution in [0, 0.1) is 0 Å². The number of nitrogens with zero attached hydrogens (tertiary/aromatic N) is 1. The minimum atomic E-state index is 0.0480. The van der Waals surface area contributed by atoms with Crippen molar-refractivity contribution in [2.45, 2.75) is 0 Å². The number of anilines is 3. The van der Waals surface area contributed by atoms with Crippen LogP contribution in [0.4, 0.5) is 17.1 Å². The first kappa shape index (κ1) is 11.3. The number of nitrogens with one attached hydrogen (secondary N) is 1. The Balaban J connectivity index is 2.15. The van der Waals surface area contributed by atoms with E-state index in [1.54, 1.807) is 4.90 Å². The molecule has 0 fully saturated rings. The third-order valence-corrected chi connectivity index (χ3v) is 3.39. The first-order chi connectivity index (χ1) is 8.75. The largest absolute Gasteiger partial charge is 0.374 e. The molecule has 3 nitrogen and oxygen atoms in total. The molecule has 4 heteroatoms. The number of para-hydroxylation sites is 1. The minimum absolute atomic E-state index is 0.0480. The van der Waals surface area contributed by atoms with Gasteiger partial charge in [0.2, 0.25) is 0 Å². The van der Waals surface area contributed by atoms with Crippen LogP contribution in [-0.2, 0) is 4.79 Å². The van der Waals surface area contributed by atoms with Gasteiger partial charge in [-0.1, -0.05) is 34.1 Å². The van der Waals surface area contributed by atoms with Gasteiger partial charge in [-0.25, -0.2) is 0 Å². The van der Waals surface area contributed by atoms with E-state index >= 15 is 0 Å². The van der Waals surface area contributed by atoms with Crippen molar-refractivity contribution in [3.63, 3.8) is 0 Å². The smallest absolute Gasteiger partial charge is 0.250 e. The number of amides is 1. The molecule has 0 aliphatic carbocycles. The summed E-state index contributed by atoms with van der Waals surface area (Å²) in [6.07, 6.45) is 0. The molecule has 0 atom stereocenters. The van der Waals surface area contributed by atoms with Crippen LogP contribution < -0.4 is 10.2 Å². The van der Waals surface area contributed by atoms with Gasteiger partial charge in [-0.15, -0.1) is 0 Å². The SMILES string of the molecule is O=C1CNc2ccc(Br)cc2N1c1ccccc1. The predicted molar refractivity (Wildman–Crippen MR) is 76.2 cm³/mol. The van der Waals surface area contributed by atoms with E-state index in [9.17, 15) is 4.79 Å². The zero-order chi connectivity index (χ0) is 12.5. The van der Waals surface area contributed by atoms with Gasteiger partial charge in [0.25, 0.3) is 5.91 Å². The van der Waals surface area contributed by atoms with E-state index in [2.05, 4.69) is 21.2 Å². The van der Waals surface area contributed by atoms with E-state index in [4.69, 9.17) is 0 Å². The summed E-state index contributed by atoms with van der Waals surface area (Å²) in [5.74, 6) is 0.0480. The van der Waals surface area contributed by atoms with Crippen molar-refractivity contribution in [1.82, 2.24) is 0 Å². The van der Waals surface area contributed by atoms with E-state index < -0.39 is 0 Å². The Morgan fingerprint density at radius 3 is 2.67 bits per heavy atom. The fourth-order valence-electron chi connectivity index (χ4n) is 2.08. The molecule has 0 saturated carbocycles. The van der Waals surface area contributed by atoms with Crippen molar-refractivity contribution in [2.75, 3.05) is 16.8 Å². The van der Waals surface area contributed by atoms with Crippen molar-refractivity contribution in [2.24, 2.45) is 0 Å². The molecule has 0 bridgehead atoms. The lowest BCUT2D eigenvalue weighted by Crippen LogP contribution is -2.36. The van der Waals surface area contributed by atoms with Gasteiger partial charge >= 0.3 is 0 Å². The maximum Gasteiger partial charge on any atom is 0.250 e. The van der Waals surface area contributed by atoms with Crippen LogP contribution >= 0.6 is 15.9 Å². The molecular formula is C14H11BrN2O. The highest BCUT2D eigenvalue weighted by Gasteiger charge is 2.25. The summed E-state index contributed by atoms with van der Waals surface area (Å²) in [6, 6.07) is 15.6. The summed E-state index contributed by atoms with van der Waals surface area (Å²) in [6.45, 7) is 0.323. The maximum absolute atomic E-state index is 12.1. The summed E-state index contributed by atoms with van der Waals surface area (Å²) >= 11 is 3.44. The van der Waals surface area contributed by atoms with Crippen LogP contribution in [0.3, 0.4) is 0 Å². The highest BCUT2D eigenvalue weighted by molar-refractivity contribution is 9.10. The second-order valence-electron chi connectivity index (χ2n) is 4.08. The fourth-order valence-corrected chi connectivity index (χ4v) is 2.43. The monoisotopic (exact) mass is 302 g/mol. The molecule has 0 unspecified atom stereocenters. The molecule has 1 N–H and O–H groups in total. The molecule has 2 aromatic rings. The molecule has 18 heavy (non-hydrogen) atoms. The van der Waals surface area contributed by atoms with E-state index in [1.807, 2.05) is 48.5 Å². The van der Waals surface area contributed by atoms with Gasteiger partial charge in [0.05, 0.1) is 17.9 Å². The molecular weight excluding hydrogens is 292 g/mol. The number of carbonyl (C=O) groups is 1. The fraction of sp³-hybridized carbons (Fsp3) is 0.0714. The van der Waals surface area contributed by atoms with Crippen molar-refractivity contribution < 1.29 is 4.79 Å². The molecule has 0 radical (unpaired) electrons. The highest BCUT2D eigenvalue weighted by Crippen LogP contribution is 2.36. The van der Waals surface area contributed by atoms with Crippen LogP contribution in [0.15, 0.2) is 53.0 Å². The number of halogens is 1. The van der Waals surface area contributed by atoms with Gasteiger partial charge < -0.3 is 5.32 Å². The third kappa shape index (κ3) is 1.88. The molecule has 1 heterocycles. The summed E-state index contributed by atoms with van der Waals surface area (Å²) in [7, 11) is 0. The van der Waals surface area contributed by atoms with Crippen LogP contribution in [0.2, 0.25) is 0 Å². The van der Waals surface area contributed by atoms with Crippen LogP contribution in [0.25, 0.3) is 0 Å². The van der Waals surface area contributed by atoms with Gasteiger partial charge in [0, 0.05) is 10.2 Å². The number of benzene rings is 2. The third-order valence-electron chi connectivity index (χ3n) is 2.89. The molecule has 1 aliphatic rings. The lowest BCUT2D eigenvalue weighted by Gasteiger charge is -2.30. The van der Waals surface area contributed by atoms with Crippen molar-refractivity contribution in [3.8, 4) is 0 Å². The van der Waals surface area contributed by atoms with Crippen LogP contribution in [0.5, 0.6) is 0 Å². The summed E-state index contributed by atoms with van der Waals surface area (Å²) in [4.78, 5) is 13.9. The summed E-state index contributed by atoms with van der Waals surface area (Å²) in [5.41, 5.74) is 2.75. The predicted octanol–water partition coefficient (Wildman–Crippen LogP) is 3.54. The second-order valence-corrected chi connectivity index (χ2v) is 5.00. The van der Waals surface area contributed by atoms with Crippen molar-refractivity contribution >= 4 is 38.9 Å². The average molecular weight is 303 g/mol. The number of hydrogen-bond acceptors (Lipinski definition) is 2. The normalized spacial score (nSPS) is 14.1. The molecule has 1 aliphatic heterocycles. The first-order valence-corrected chi connectivity index (χ1v) is 6.46. The molecule has 90 valence electrons. The number of carbonyl (C=O) groups excluding carboxylic acids is 1. The summed E-state index contributed by atoms with van der Waals surface area (Å²) < 4.78 is 0.957. The lowest BCUT2D eigenvalue weighted by atomic mass is 10.1. The Hall–Kier alpha value is -1.81. The van der Waals surface area contributed by atoms with E-state index in [0.717, 1.165) is 21.5 Å². The molecule has 0 saturated heterocycles. The van der Waals surface area contributed by atoms with Crippen molar-refractivity contribution in [1.29, 1.82) is 0 Å². The van der Waals surface area contributed by atoms with E-state index in [1.165, 1.54) is 0 Å². The van der Waals surface area contributed by atoms with Gasteiger partial charge in [0.15, 0.2) is 0 Å². The molecule has 3 rings (SSSR count). The first-order valence-electron chi connectivity index (χ1n) is 5.67. The molecule has 2 aromatic carbocycles. The standard InChI is InChI=1S/C14H11BrN2O/c15-10-6-7-12-13(8-10)17(14(18)9-16-12)11-4-2-1-3-5-11/h1-8,16H,9H2.